The van der Waals surface area contributed by atoms with Gasteiger partial charge in [-0.15, -0.1) is 0 Å². The molecule has 1 aliphatic rings. The Morgan fingerprint density at radius 1 is 1.31 bits per heavy atom. The van der Waals surface area contributed by atoms with Gasteiger partial charge in [0.2, 0.25) is 0 Å². The van der Waals surface area contributed by atoms with Crippen molar-refractivity contribution in [3.05, 3.63) is 47.8 Å². The minimum Gasteiger partial charge on any atom is -0.351 e. The van der Waals surface area contributed by atoms with Gasteiger partial charge in [-0.2, -0.15) is 5.10 Å². The highest BCUT2D eigenvalue weighted by molar-refractivity contribution is 7.91. The zero-order chi connectivity index (χ0) is 18.5. The second-order valence-corrected chi connectivity index (χ2v) is 9.02. The van der Waals surface area contributed by atoms with Crippen LogP contribution in [0.3, 0.4) is 0 Å². The number of nitrogens with one attached hydrogen (secondary N) is 1. The summed E-state index contributed by atoms with van der Waals surface area (Å²) in [6, 6.07) is 9.04. The minimum atomic E-state index is -3.03. The number of hydrogen-bond acceptors (Lipinski definition) is 4. The molecule has 8 heteroatoms. The third-order valence-electron chi connectivity index (χ3n) is 4.83. The van der Waals surface area contributed by atoms with Gasteiger partial charge in [0.25, 0.3) is 5.91 Å². The van der Waals surface area contributed by atoms with Crippen LogP contribution >= 0.6 is 0 Å². The molecule has 1 fully saturated rings. The van der Waals surface area contributed by atoms with Gasteiger partial charge in [-0.05, 0) is 31.5 Å². The van der Waals surface area contributed by atoms with Crippen LogP contribution in [0.15, 0.2) is 36.5 Å². The maximum absolute atomic E-state index is 12.9. The van der Waals surface area contributed by atoms with Crippen molar-refractivity contribution in [2.24, 2.45) is 7.05 Å². The smallest absolute Gasteiger partial charge is 0.257 e. The average Bonchev–Trinajstić information content (AvgIpc) is 3.25. The molecule has 2 aromatic heterocycles. The number of aromatic nitrogens is 3. The van der Waals surface area contributed by atoms with Gasteiger partial charge in [-0.1, -0.05) is 6.07 Å². The molecule has 0 spiro atoms. The Hall–Kier alpha value is -2.61. The molecule has 136 valence electrons. The zero-order valence-electron chi connectivity index (χ0n) is 14.6. The number of carbonyl (C=O) groups is 1. The third-order valence-corrected chi connectivity index (χ3v) is 6.58. The number of carbonyl (C=O) groups excluding carboxylic acids is 1. The van der Waals surface area contributed by atoms with E-state index in [1.165, 1.54) is 0 Å². The van der Waals surface area contributed by atoms with Crippen molar-refractivity contribution < 1.29 is 13.2 Å². The zero-order valence-corrected chi connectivity index (χ0v) is 15.5. The van der Waals surface area contributed by atoms with Crippen molar-refractivity contribution in [2.75, 3.05) is 16.8 Å². The Labute approximate surface area is 151 Å². The molecule has 0 saturated carbocycles. The van der Waals surface area contributed by atoms with Gasteiger partial charge in [-0.3, -0.25) is 4.79 Å². The molecule has 26 heavy (non-hydrogen) atoms. The second kappa shape index (κ2) is 5.98. The number of benzene rings is 1. The first-order valence-corrected chi connectivity index (χ1v) is 10.3. The summed E-state index contributed by atoms with van der Waals surface area (Å²) in [6.45, 7) is 1.83. The lowest BCUT2D eigenvalue weighted by Gasteiger charge is -2.14. The number of rotatable bonds is 3. The molecule has 1 atom stereocenters. The maximum atomic E-state index is 12.9. The van der Waals surface area contributed by atoms with Gasteiger partial charge in [0.05, 0.1) is 23.2 Å². The van der Waals surface area contributed by atoms with Crippen molar-refractivity contribution in [1.29, 1.82) is 0 Å². The van der Waals surface area contributed by atoms with Gasteiger partial charge in [0.15, 0.2) is 9.84 Å². The number of fused-ring (bicyclic) bond motifs is 1. The molecule has 0 bridgehead atoms. The van der Waals surface area contributed by atoms with Gasteiger partial charge in [-0.25, -0.2) is 13.1 Å². The van der Waals surface area contributed by atoms with E-state index in [1.807, 2.05) is 42.9 Å². The van der Waals surface area contributed by atoms with Crippen LogP contribution in [0.2, 0.25) is 0 Å². The van der Waals surface area contributed by atoms with Crippen LogP contribution in [-0.2, 0) is 16.9 Å². The normalized spacial score (nSPS) is 19.1. The SMILES string of the molecule is Cc1cc(NC(=O)c2cccc3c2ccn3C)n(C2CCS(=O)(=O)C2)n1. The Morgan fingerprint density at radius 2 is 2.12 bits per heavy atom. The Morgan fingerprint density at radius 3 is 2.85 bits per heavy atom. The predicted molar refractivity (Wildman–Crippen MR) is 100 cm³/mol. The molecule has 1 aromatic carbocycles. The highest BCUT2D eigenvalue weighted by atomic mass is 32.2. The molecule has 1 unspecified atom stereocenters. The van der Waals surface area contributed by atoms with Crippen LogP contribution in [0.4, 0.5) is 5.82 Å². The molecule has 0 radical (unpaired) electrons. The minimum absolute atomic E-state index is 0.0608. The Bertz CT molecular complexity index is 1110. The fourth-order valence-corrected chi connectivity index (χ4v) is 5.23. The first kappa shape index (κ1) is 16.8. The molecular formula is C18H20N4O3S. The summed E-state index contributed by atoms with van der Waals surface area (Å²) in [5.74, 6) is 0.518. The van der Waals surface area contributed by atoms with E-state index in [0.29, 0.717) is 17.8 Å². The molecule has 1 amide bonds. The van der Waals surface area contributed by atoms with E-state index in [-0.39, 0.29) is 23.5 Å². The highest BCUT2D eigenvalue weighted by Gasteiger charge is 2.31. The lowest BCUT2D eigenvalue weighted by molar-refractivity contribution is 0.102. The first-order chi connectivity index (χ1) is 12.3. The van der Waals surface area contributed by atoms with Crippen LogP contribution in [0.1, 0.15) is 28.5 Å². The largest absolute Gasteiger partial charge is 0.351 e. The van der Waals surface area contributed by atoms with Gasteiger partial charge in [0, 0.05) is 35.8 Å². The van der Waals surface area contributed by atoms with Crippen molar-refractivity contribution in [3.63, 3.8) is 0 Å². The van der Waals surface area contributed by atoms with E-state index in [2.05, 4.69) is 10.4 Å². The van der Waals surface area contributed by atoms with Crippen molar-refractivity contribution in [1.82, 2.24) is 14.3 Å². The molecule has 0 aliphatic carbocycles. The van der Waals surface area contributed by atoms with E-state index in [9.17, 15) is 13.2 Å². The van der Waals surface area contributed by atoms with E-state index >= 15 is 0 Å². The van der Waals surface area contributed by atoms with Crippen LogP contribution in [-0.4, -0.2) is 40.2 Å². The molecule has 1 aliphatic heterocycles. The standard InChI is InChI=1S/C18H20N4O3S/c1-12-10-17(22(20-12)13-7-9-26(24,25)11-13)19-18(23)15-4-3-5-16-14(15)6-8-21(16)2/h3-6,8,10,13H,7,9,11H2,1-2H3,(H,19,23). The number of hydrogen-bond donors (Lipinski definition) is 1. The van der Waals surface area contributed by atoms with E-state index < -0.39 is 9.84 Å². The van der Waals surface area contributed by atoms with Crippen molar-refractivity contribution in [2.45, 2.75) is 19.4 Å². The molecule has 3 aromatic rings. The highest BCUT2D eigenvalue weighted by Crippen LogP contribution is 2.28. The average molecular weight is 372 g/mol. The summed E-state index contributed by atoms with van der Waals surface area (Å²) in [7, 11) is -1.10. The molecule has 3 heterocycles. The molecule has 7 nitrogen and oxygen atoms in total. The third kappa shape index (κ3) is 2.90. The Kier molecular flexibility index (Phi) is 3.87. The maximum Gasteiger partial charge on any atom is 0.257 e. The number of nitrogens with zero attached hydrogens (tertiary/aromatic N) is 3. The number of amides is 1. The van der Waals surface area contributed by atoms with Gasteiger partial charge in [0.1, 0.15) is 5.82 Å². The van der Waals surface area contributed by atoms with Crippen LogP contribution < -0.4 is 5.32 Å². The van der Waals surface area contributed by atoms with E-state index in [4.69, 9.17) is 0 Å². The fraction of sp³-hybridized carbons (Fsp3) is 0.333. The van der Waals surface area contributed by atoms with E-state index in [0.717, 1.165) is 16.6 Å². The van der Waals surface area contributed by atoms with Gasteiger partial charge < -0.3 is 9.88 Å². The quantitative estimate of drug-likeness (QED) is 0.764. The fourth-order valence-electron chi connectivity index (χ4n) is 3.54. The summed E-state index contributed by atoms with van der Waals surface area (Å²) < 4.78 is 27.2. The Balaban J connectivity index is 1.66. The molecule has 1 saturated heterocycles. The van der Waals surface area contributed by atoms with Crippen molar-refractivity contribution in [3.8, 4) is 0 Å². The van der Waals surface area contributed by atoms with Gasteiger partial charge >= 0.3 is 0 Å². The molecular weight excluding hydrogens is 352 g/mol. The van der Waals surface area contributed by atoms with E-state index in [1.54, 1.807) is 16.8 Å². The number of aryl methyl sites for hydroxylation is 2. The monoisotopic (exact) mass is 372 g/mol. The topological polar surface area (TPSA) is 86.0 Å². The molecule has 1 N–H and O–H groups in total. The lowest BCUT2D eigenvalue weighted by Crippen LogP contribution is -2.19. The lowest BCUT2D eigenvalue weighted by atomic mass is 10.1. The van der Waals surface area contributed by atoms with Crippen molar-refractivity contribution >= 4 is 32.5 Å². The second-order valence-electron chi connectivity index (χ2n) is 6.79. The number of anilines is 1. The van der Waals surface area contributed by atoms with Crippen LogP contribution in [0.25, 0.3) is 10.9 Å². The summed E-state index contributed by atoms with van der Waals surface area (Å²) in [4.78, 5) is 12.9. The first-order valence-electron chi connectivity index (χ1n) is 8.46. The summed E-state index contributed by atoms with van der Waals surface area (Å²) in [6.07, 6.45) is 2.43. The summed E-state index contributed by atoms with van der Waals surface area (Å²) in [5, 5.41) is 8.19. The summed E-state index contributed by atoms with van der Waals surface area (Å²) >= 11 is 0. The summed E-state index contributed by atoms with van der Waals surface area (Å²) in [5.41, 5.74) is 2.29. The van der Waals surface area contributed by atoms with Crippen LogP contribution in [0.5, 0.6) is 0 Å². The number of sulfone groups is 1. The van der Waals surface area contributed by atoms with Crippen LogP contribution in [0, 0.1) is 6.92 Å². The molecule has 4 rings (SSSR count). The predicted octanol–water partition coefficient (Wildman–Crippen LogP) is 2.30.